The molecular weight excluding hydrogens is 582 g/mol. The van der Waals surface area contributed by atoms with E-state index in [1.807, 2.05) is 50.2 Å². The first-order valence-corrected chi connectivity index (χ1v) is 16.1. The van der Waals surface area contributed by atoms with Crippen molar-refractivity contribution in [3.05, 3.63) is 95.6 Å². The molecule has 4 atom stereocenters. The number of aliphatic hydroxyl groups is 1. The van der Waals surface area contributed by atoms with Crippen LogP contribution in [-0.4, -0.2) is 84.2 Å². The van der Waals surface area contributed by atoms with Gasteiger partial charge in [0.1, 0.15) is 5.75 Å². The zero-order chi connectivity index (χ0) is 33.1. The highest BCUT2D eigenvalue weighted by Gasteiger charge is 2.31. The van der Waals surface area contributed by atoms with Crippen LogP contribution >= 0.6 is 0 Å². The number of fused-ring (bicyclic) bond motifs is 1. The van der Waals surface area contributed by atoms with Crippen molar-refractivity contribution in [3.8, 4) is 5.75 Å². The van der Waals surface area contributed by atoms with Crippen LogP contribution in [0.3, 0.4) is 0 Å². The second kappa shape index (κ2) is 16.9. The predicted molar refractivity (Wildman–Crippen MR) is 179 cm³/mol. The Morgan fingerprint density at radius 3 is 2.41 bits per heavy atom. The molecule has 46 heavy (non-hydrogen) atoms. The van der Waals surface area contributed by atoms with Crippen LogP contribution in [0.15, 0.2) is 78.9 Å². The first-order chi connectivity index (χ1) is 22.2. The van der Waals surface area contributed by atoms with Crippen LogP contribution in [0.2, 0.25) is 0 Å². The average Bonchev–Trinajstić information content (AvgIpc) is 3.06. The largest absolute Gasteiger partial charge is 0.490 e. The zero-order valence-electron chi connectivity index (χ0n) is 27.4. The molecule has 0 saturated carbocycles. The van der Waals surface area contributed by atoms with Gasteiger partial charge in [-0.25, -0.2) is 0 Å². The van der Waals surface area contributed by atoms with Crippen molar-refractivity contribution in [2.24, 2.45) is 5.92 Å². The summed E-state index contributed by atoms with van der Waals surface area (Å²) in [5.41, 5.74) is 2.21. The third-order valence-electron chi connectivity index (χ3n) is 8.42. The lowest BCUT2D eigenvalue weighted by Crippen LogP contribution is -2.48. The van der Waals surface area contributed by atoms with Gasteiger partial charge in [0, 0.05) is 43.9 Å². The van der Waals surface area contributed by atoms with E-state index in [0.717, 1.165) is 24.8 Å². The molecule has 0 bridgehead atoms. The fourth-order valence-electron chi connectivity index (χ4n) is 5.53. The Morgan fingerprint density at radius 1 is 1.02 bits per heavy atom. The summed E-state index contributed by atoms with van der Waals surface area (Å²) in [6.07, 6.45) is 2.25. The minimum Gasteiger partial charge on any atom is -0.490 e. The second-order valence-electron chi connectivity index (χ2n) is 12.3. The molecule has 4 rings (SSSR count). The maximum Gasteiger partial charge on any atom is 0.258 e. The molecule has 0 aliphatic carbocycles. The number of nitrogens with zero attached hydrogens (tertiary/aromatic N) is 2. The fraction of sp³-hybridized carbons (Fsp3) is 0.432. The van der Waals surface area contributed by atoms with E-state index in [4.69, 9.17) is 9.47 Å². The van der Waals surface area contributed by atoms with E-state index >= 15 is 0 Å². The number of aliphatic hydroxyl groups excluding tert-OH is 1. The molecule has 1 aliphatic heterocycles. The maximum atomic E-state index is 14.3. The molecule has 246 valence electrons. The summed E-state index contributed by atoms with van der Waals surface area (Å²) in [7, 11) is 1.78. The van der Waals surface area contributed by atoms with E-state index < -0.39 is 6.04 Å². The smallest absolute Gasteiger partial charge is 0.258 e. The number of carbonyl (C=O) groups excluding carboxylic acids is 3. The van der Waals surface area contributed by atoms with E-state index in [1.54, 1.807) is 66.2 Å². The minimum atomic E-state index is -0.506. The molecule has 9 nitrogen and oxygen atoms in total. The third-order valence-corrected chi connectivity index (χ3v) is 8.42. The number of nitrogens with one attached hydrogen (secondary N) is 1. The van der Waals surface area contributed by atoms with Gasteiger partial charge >= 0.3 is 0 Å². The normalized spacial score (nSPS) is 20.1. The molecule has 9 heteroatoms. The first-order valence-electron chi connectivity index (χ1n) is 16.1. The highest BCUT2D eigenvalue weighted by molar-refractivity contribution is 6.05. The van der Waals surface area contributed by atoms with Crippen LogP contribution in [0.1, 0.15) is 66.3 Å². The van der Waals surface area contributed by atoms with Gasteiger partial charge in [0.15, 0.2) is 0 Å². The van der Waals surface area contributed by atoms with Gasteiger partial charge < -0.3 is 29.7 Å². The summed E-state index contributed by atoms with van der Waals surface area (Å²) >= 11 is 0. The number of hydrogen-bond acceptors (Lipinski definition) is 6. The highest BCUT2D eigenvalue weighted by Crippen LogP contribution is 2.29. The number of amides is 3. The molecule has 3 aromatic carbocycles. The van der Waals surface area contributed by atoms with E-state index in [2.05, 4.69) is 5.32 Å². The molecule has 2 N–H and O–H groups in total. The van der Waals surface area contributed by atoms with Crippen molar-refractivity contribution in [1.29, 1.82) is 0 Å². The molecule has 0 radical (unpaired) electrons. The van der Waals surface area contributed by atoms with Crippen LogP contribution in [0.25, 0.3) is 0 Å². The highest BCUT2D eigenvalue weighted by atomic mass is 16.5. The van der Waals surface area contributed by atoms with Gasteiger partial charge in [-0.3, -0.25) is 14.4 Å². The molecule has 3 aromatic rings. The first kappa shape index (κ1) is 34.7. The van der Waals surface area contributed by atoms with Gasteiger partial charge in [0.25, 0.3) is 11.8 Å². The van der Waals surface area contributed by atoms with Crippen LogP contribution < -0.4 is 10.1 Å². The van der Waals surface area contributed by atoms with Gasteiger partial charge in [0.05, 0.1) is 36.8 Å². The minimum absolute atomic E-state index is 0.0111. The molecule has 0 saturated heterocycles. The molecule has 0 fully saturated rings. The van der Waals surface area contributed by atoms with Crippen molar-refractivity contribution in [3.63, 3.8) is 0 Å². The topological polar surface area (TPSA) is 108 Å². The van der Waals surface area contributed by atoms with Gasteiger partial charge in [-0.15, -0.1) is 0 Å². The maximum absolute atomic E-state index is 14.3. The van der Waals surface area contributed by atoms with Crippen molar-refractivity contribution in [1.82, 2.24) is 9.80 Å². The van der Waals surface area contributed by atoms with E-state index in [0.29, 0.717) is 42.1 Å². The Bertz CT molecular complexity index is 1430. The summed E-state index contributed by atoms with van der Waals surface area (Å²) in [4.78, 5) is 43.7. The van der Waals surface area contributed by atoms with Crippen LogP contribution in [0.5, 0.6) is 5.75 Å². The van der Waals surface area contributed by atoms with E-state index in [-0.39, 0.29) is 49.0 Å². The average molecular weight is 630 g/mol. The number of hydrogen-bond donors (Lipinski definition) is 2. The molecule has 1 heterocycles. The third kappa shape index (κ3) is 9.64. The van der Waals surface area contributed by atoms with Gasteiger partial charge in [-0.2, -0.15) is 0 Å². The van der Waals surface area contributed by atoms with Crippen LogP contribution in [0.4, 0.5) is 5.69 Å². The van der Waals surface area contributed by atoms with Crippen molar-refractivity contribution < 1.29 is 29.0 Å². The molecule has 0 spiro atoms. The number of benzene rings is 3. The second-order valence-corrected chi connectivity index (χ2v) is 12.3. The zero-order valence-corrected chi connectivity index (χ0v) is 27.4. The monoisotopic (exact) mass is 629 g/mol. The molecule has 0 unspecified atom stereocenters. The van der Waals surface area contributed by atoms with Crippen molar-refractivity contribution in [2.45, 2.75) is 64.7 Å². The van der Waals surface area contributed by atoms with Gasteiger partial charge in [-0.05, 0) is 69.0 Å². The van der Waals surface area contributed by atoms with Gasteiger partial charge in [-0.1, -0.05) is 55.5 Å². The Morgan fingerprint density at radius 2 is 1.72 bits per heavy atom. The lowest BCUT2D eigenvalue weighted by atomic mass is 10.0. The number of ether oxygens (including phenoxy) is 2. The fourth-order valence-corrected chi connectivity index (χ4v) is 5.53. The Labute approximate surface area is 272 Å². The van der Waals surface area contributed by atoms with Crippen LogP contribution in [-0.2, 0) is 16.0 Å². The predicted octanol–water partition coefficient (Wildman–Crippen LogP) is 5.44. The summed E-state index contributed by atoms with van der Waals surface area (Å²) in [5, 5.41) is 13.1. The quantitative estimate of drug-likeness (QED) is 0.344. The number of rotatable bonds is 8. The van der Waals surface area contributed by atoms with E-state index in [9.17, 15) is 19.5 Å². The molecule has 1 aliphatic rings. The van der Waals surface area contributed by atoms with Crippen molar-refractivity contribution >= 4 is 23.4 Å². The number of carbonyl (C=O) groups is 3. The molecule has 3 amide bonds. The lowest BCUT2D eigenvalue weighted by Gasteiger charge is -2.36. The van der Waals surface area contributed by atoms with Gasteiger partial charge in [0.2, 0.25) is 5.91 Å². The number of likely N-dealkylation sites (N-methyl/N-ethyl adjacent to an activating group) is 1. The number of anilines is 1. The molecular formula is C37H47N3O6. The summed E-state index contributed by atoms with van der Waals surface area (Å²) in [6.45, 7) is 6.70. The molecule has 0 aromatic heterocycles. The van der Waals surface area contributed by atoms with Crippen molar-refractivity contribution in [2.75, 3.05) is 38.7 Å². The Hall–Kier alpha value is -4.21. The standard InChI is InChI=1S/C37H47N3O6/c1-26-23-40(27(2)25-41)37(44)32-22-31(38-36(43)30-16-9-6-10-17-30)18-19-33(32)46-28(3)13-11-12-20-45-34(26)24-39(4)35(42)21-29-14-7-5-8-15-29/h5-10,14-19,22,26-28,34,41H,11-13,20-21,23-25H2,1-4H3,(H,38,43)/t26-,27-,28-,34+/m0/s1. The summed E-state index contributed by atoms with van der Waals surface area (Å²) < 4.78 is 12.7. The summed E-state index contributed by atoms with van der Waals surface area (Å²) in [5.74, 6) is -0.367. The lowest BCUT2D eigenvalue weighted by molar-refractivity contribution is -0.131. The summed E-state index contributed by atoms with van der Waals surface area (Å²) in [6, 6.07) is 23.1. The Kier molecular flexibility index (Phi) is 12.7. The SMILES string of the molecule is C[C@H]1CCCCO[C@H](CN(C)C(=O)Cc2ccccc2)[C@@H](C)CN([C@@H](C)CO)C(=O)c2cc(NC(=O)c3ccccc3)ccc2O1. The Balaban J connectivity index is 1.60. The van der Waals surface area contributed by atoms with Crippen LogP contribution in [0, 0.1) is 5.92 Å². The van der Waals surface area contributed by atoms with E-state index in [1.165, 1.54) is 0 Å².